The van der Waals surface area contributed by atoms with Gasteiger partial charge >= 0.3 is 0 Å². The zero-order valence-corrected chi connectivity index (χ0v) is 27.5. The van der Waals surface area contributed by atoms with E-state index in [1.807, 2.05) is 78.9 Å². The molecule has 246 valence electrons. The Morgan fingerprint density at radius 1 is 0.851 bits per heavy atom. The lowest BCUT2D eigenvalue weighted by molar-refractivity contribution is -0.253. The van der Waals surface area contributed by atoms with Crippen LogP contribution in [0.4, 0.5) is 0 Å². The summed E-state index contributed by atoms with van der Waals surface area (Å²) in [6.45, 7) is 5.85. The summed E-state index contributed by atoms with van der Waals surface area (Å²) in [5, 5.41) is 9.56. The van der Waals surface area contributed by atoms with Crippen molar-refractivity contribution in [3.63, 3.8) is 0 Å². The van der Waals surface area contributed by atoms with Crippen LogP contribution in [0.2, 0.25) is 0 Å². The number of hydrogen-bond donors (Lipinski definition) is 2. The second kappa shape index (κ2) is 15.5. The van der Waals surface area contributed by atoms with Crippen molar-refractivity contribution in [2.24, 2.45) is 0 Å². The predicted molar refractivity (Wildman–Crippen MR) is 185 cm³/mol. The lowest BCUT2D eigenvalue weighted by atomic mass is 9.97. The number of hydrogen-bond acceptors (Lipinski definition) is 6. The highest BCUT2D eigenvalue weighted by atomic mass is 32.2. The van der Waals surface area contributed by atoms with Crippen molar-refractivity contribution in [3.8, 4) is 11.1 Å². The molecule has 2 fully saturated rings. The Hall–Kier alpha value is -3.63. The second-order valence-corrected chi connectivity index (χ2v) is 14.2. The van der Waals surface area contributed by atoms with E-state index < -0.39 is 16.3 Å². The summed E-state index contributed by atoms with van der Waals surface area (Å²) in [5.41, 5.74) is 5.68. The maximum atomic E-state index is 12.9. The Balaban J connectivity index is 1.21. The van der Waals surface area contributed by atoms with Gasteiger partial charge in [0.05, 0.1) is 23.7 Å². The molecule has 0 radical (unpaired) electrons. The lowest BCUT2D eigenvalue weighted by Crippen LogP contribution is -2.43. The van der Waals surface area contributed by atoms with Crippen LogP contribution < -0.4 is 4.72 Å². The smallest absolute Gasteiger partial charge is 0.240 e. The number of nitrogens with zero attached hydrogens (tertiary/aromatic N) is 1. The normalized spacial score (nSPS) is 20.4. The fraction of sp³-hybridized carbons (Fsp3) is 0.333. The molecule has 2 N–H and O–H groups in total. The first-order chi connectivity index (χ1) is 22.9. The minimum Gasteiger partial charge on any atom is -0.392 e. The van der Waals surface area contributed by atoms with Gasteiger partial charge in [-0.1, -0.05) is 110 Å². The van der Waals surface area contributed by atoms with Crippen LogP contribution in [0.3, 0.4) is 0 Å². The van der Waals surface area contributed by atoms with Gasteiger partial charge in [-0.3, -0.25) is 4.90 Å². The third-order valence-corrected chi connectivity index (χ3v) is 10.7. The van der Waals surface area contributed by atoms with Crippen molar-refractivity contribution in [3.05, 3.63) is 138 Å². The van der Waals surface area contributed by atoms with Gasteiger partial charge in [0.15, 0.2) is 6.29 Å². The first-order valence-corrected chi connectivity index (χ1v) is 18.0. The quantitative estimate of drug-likeness (QED) is 0.147. The summed E-state index contributed by atoms with van der Waals surface area (Å²) in [7, 11) is -3.64. The van der Waals surface area contributed by atoms with Gasteiger partial charge in [0.25, 0.3) is 0 Å². The molecule has 1 saturated carbocycles. The van der Waals surface area contributed by atoms with E-state index in [4.69, 9.17) is 9.47 Å². The molecule has 3 atom stereocenters. The highest BCUT2D eigenvalue weighted by molar-refractivity contribution is 7.89. The number of aliphatic hydroxyl groups excluding tert-OH is 1. The van der Waals surface area contributed by atoms with Gasteiger partial charge in [-0.2, -0.15) is 0 Å². The van der Waals surface area contributed by atoms with Gasteiger partial charge in [-0.15, -0.1) is 6.58 Å². The molecule has 4 aromatic carbocycles. The first-order valence-electron chi connectivity index (χ1n) is 16.5. The molecule has 2 aliphatic rings. The van der Waals surface area contributed by atoms with Crippen LogP contribution in [-0.2, 0) is 32.6 Å². The van der Waals surface area contributed by atoms with Gasteiger partial charge in [-0.05, 0) is 52.8 Å². The van der Waals surface area contributed by atoms with Crippen molar-refractivity contribution in [1.82, 2.24) is 9.62 Å². The monoisotopic (exact) mass is 652 g/mol. The number of ether oxygens (including phenoxy) is 2. The maximum Gasteiger partial charge on any atom is 0.240 e. The molecule has 0 unspecified atom stereocenters. The van der Waals surface area contributed by atoms with Gasteiger partial charge in [0.1, 0.15) is 0 Å². The molecule has 47 heavy (non-hydrogen) atoms. The minimum absolute atomic E-state index is 0.00639. The van der Waals surface area contributed by atoms with Crippen molar-refractivity contribution in [2.75, 3.05) is 13.1 Å². The molecule has 0 bridgehead atoms. The van der Waals surface area contributed by atoms with E-state index in [1.54, 1.807) is 30.3 Å². The topological polar surface area (TPSA) is 88.1 Å². The molecule has 1 aliphatic carbocycles. The van der Waals surface area contributed by atoms with E-state index >= 15 is 0 Å². The molecule has 0 spiro atoms. The van der Waals surface area contributed by atoms with Crippen LogP contribution in [-0.4, -0.2) is 43.7 Å². The number of rotatable bonds is 13. The summed E-state index contributed by atoms with van der Waals surface area (Å²) >= 11 is 0. The van der Waals surface area contributed by atoms with Crippen LogP contribution in [0.5, 0.6) is 0 Å². The zero-order chi connectivity index (χ0) is 32.6. The molecule has 8 heteroatoms. The fourth-order valence-electron chi connectivity index (χ4n) is 6.73. The van der Waals surface area contributed by atoms with E-state index in [9.17, 15) is 13.5 Å². The average molecular weight is 653 g/mol. The number of nitrogens with one attached hydrogen (secondary N) is 1. The van der Waals surface area contributed by atoms with Crippen molar-refractivity contribution in [1.29, 1.82) is 0 Å². The highest BCUT2D eigenvalue weighted by Crippen LogP contribution is 2.39. The third kappa shape index (κ3) is 8.27. The molecule has 4 aromatic rings. The van der Waals surface area contributed by atoms with Gasteiger partial charge in [0, 0.05) is 37.7 Å². The van der Waals surface area contributed by atoms with Crippen molar-refractivity contribution < 1.29 is 23.0 Å². The van der Waals surface area contributed by atoms with E-state index in [-0.39, 0.29) is 30.3 Å². The maximum absolute atomic E-state index is 12.9. The number of benzene rings is 4. The summed E-state index contributed by atoms with van der Waals surface area (Å²) in [4.78, 5) is 2.76. The standard InChI is InChI=1S/C39H44N2O5S/c1-2-24-41(34-11-7-8-12-34)27-35-25-38(31-18-16-29(28-42)17-19-31)46-39(45-35)32-22-20-30(21-23-32)37-15-9-6-10-33(37)26-40-47(43,44)36-13-4-3-5-14-36/h2-6,9-10,13-23,34-35,38-40,42H,1,7-8,11-12,24-28H2/t35-,38+,39+/m1/s1. The summed E-state index contributed by atoms with van der Waals surface area (Å²) in [6, 6.07) is 33.0. The second-order valence-electron chi connectivity index (χ2n) is 12.4. The molecule has 1 heterocycles. The van der Waals surface area contributed by atoms with Crippen LogP contribution in [0, 0.1) is 0 Å². The molecule has 1 aliphatic heterocycles. The number of aliphatic hydroxyl groups is 1. The fourth-order valence-corrected chi connectivity index (χ4v) is 7.76. The van der Waals surface area contributed by atoms with Crippen LogP contribution in [0.1, 0.15) is 66.8 Å². The molecule has 7 nitrogen and oxygen atoms in total. The lowest BCUT2D eigenvalue weighted by Gasteiger charge is -2.39. The SMILES string of the molecule is C=CCN(C[C@H]1C[C@@H](c2ccc(CO)cc2)O[C@@H](c2ccc(-c3ccccc3CNS(=O)(=O)c3ccccc3)cc2)O1)C1CCCC1. The van der Waals surface area contributed by atoms with E-state index in [2.05, 4.69) is 16.2 Å². The van der Waals surface area contributed by atoms with Crippen LogP contribution >= 0.6 is 0 Å². The molecule has 1 saturated heterocycles. The van der Waals surface area contributed by atoms with Crippen LogP contribution in [0.15, 0.2) is 121 Å². The van der Waals surface area contributed by atoms with Crippen LogP contribution in [0.25, 0.3) is 11.1 Å². The molecule has 6 rings (SSSR count). The third-order valence-electron chi connectivity index (χ3n) is 9.28. The van der Waals surface area contributed by atoms with Gasteiger partial charge in [-0.25, -0.2) is 13.1 Å². The number of sulfonamides is 1. The Kier molecular flexibility index (Phi) is 11.0. The van der Waals surface area contributed by atoms with Crippen molar-refractivity contribution in [2.45, 2.75) is 74.7 Å². The summed E-state index contributed by atoms with van der Waals surface area (Å²) in [6.07, 6.45) is 6.95. The Bertz CT molecular complexity index is 1700. The molecule has 0 aromatic heterocycles. The zero-order valence-electron chi connectivity index (χ0n) is 26.7. The summed E-state index contributed by atoms with van der Waals surface area (Å²) in [5.74, 6) is 0. The Morgan fingerprint density at radius 2 is 1.53 bits per heavy atom. The Labute approximate surface area is 278 Å². The van der Waals surface area contributed by atoms with E-state index in [1.165, 1.54) is 25.7 Å². The molecular weight excluding hydrogens is 609 g/mol. The van der Waals surface area contributed by atoms with E-state index in [0.29, 0.717) is 6.04 Å². The Morgan fingerprint density at radius 3 is 2.23 bits per heavy atom. The minimum atomic E-state index is -3.64. The van der Waals surface area contributed by atoms with Gasteiger partial charge in [0.2, 0.25) is 10.0 Å². The van der Waals surface area contributed by atoms with E-state index in [0.717, 1.165) is 52.9 Å². The largest absolute Gasteiger partial charge is 0.392 e. The molecular formula is C39H44N2O5S. The highest BCUT2D eigenvalue weighted by Gasteiger charge is 2.34. The first kappa shape index (κ1) is 33.3. The van der Waals surface area contributed by atoms with Crippen molar-refractivity contribution >= 4 is 10.0 Å². The molecule has 0 amide bonds. The average Bonchev–Trinajstić information content (AvgIpc) is 3.67. The summed E-state index contributed by atoms with van der Waals surface area (Å²) < 4.78 is 41.8. The van der Waals surface area contributed by atoms with Gasteiger partial charge < -0.3 is 14.6 Å². The predicted octanol–water partition coefficient (Wildman–Crippen LogP) is 7.30.